The van der Waals surface area contributed by atoms with Gasteiger partial charge in [-0.1, -0.05) is 48.5 Å². The highest BCUT2D eigenvalue weighted by Crippen LogP contribution is 2.33. The molecule has 0 amide bonds. The summed E-state index contributed by atoms with van der Waals surface area (Å²) < 4.78 is 0. The molecule has 6 nitrogen and oxygen atoms in total. The summed E-state index contributed by atoms with van der Waals surface area (Å²) in [4.78, 5) is 8.92. The molecular formula is C26H20N4O2. The number of phenolic OH excluding ortho intramolecular Hbond substituents is 2. The second-order valence-electron chi connectivity index (χ2n) is 6.81. The zero-order valence-electron chi connectivity index (χ0n) is 17.1. The topological polar surface area (TPSA) is 89.9 Å². The third kappa shape index (κ3) is 5.12. The van der Waals surface area contributed by atoms with Crippen LogP contribution in [0.2, 0.25) is 0 Å². The summed E-state index contributed by atoms with van der Waals surface area (Å²) in [5.41, 5.74) is 3.63. The van der Waals surface area contributed by atoms with Crippen molar-refractivity contribution in [2.24, 2.45) is 20.2 Å². The van der Waals surface area contributed by atoms with Crippen LogP contribution in [0.3, 0.4) is 0 Å². The van der Waals surface area contributed by atoms with Crippen LogP contribution in [0.5, 0.6) is 11.5 Å². The van der Waals surface area contributed by atoms with Crippen LogP contribution in [0.1, 0.15) is 11.1 Å². The van der Waals surface area contributed by atoms with E-state index in [0.29, 0.717) is 33.9 Å². The Morgan fingerprint density at radius 3 is 1.19 bits per heavy atom. The predicted molar refractivity (Wildman–Crippen MR) is 128 cm³/mol. The van der Waals surface area contributed by atoms with E-state index in [1.807, 2.05) is 60.7 Å². The molecule has 6 heteroatoms. The van der Waals surface area contributed by atoms with Crippen molar-refractivity contribution >= 4 is 35.2 Å². The Hall–Kier alpha value is -4.58. The fraction of sp³-hybridized carbons (Fsp3) is 0. The molecule has 4 aromatic carbocycles. The van der Waals surface area contributed by atoms with Crippen LogP contribution in [0.25, 0.3) is 0 Å². The van der Waals surface area contributed by atoms with Gasteiger partial charge in [-0.05, 0) is 48.5 Å². The highest BCUT2D eigenvalue weighted by Gasteiger charge is 2.03. The molecular weight excluding hydrogens is 400 g/mol. The Morgan fingerprint density at radius 2 is 0.781 bits per heavy atom. The number of rotatable bonds is 6. The first-order chi connectivity index (χ1) is 15.7. The average Bonchev–Trinajstić information content (AvgIpc) is 2.83. The normalized spacial score (nSPS) is 11.6. The molecule has 4 rings (SSSR count). The van der Waals surface area contributed by atoms with Gasteiger partial charge in [0.2, 0.25) is 0 Å². The molecule has 2 N–H and O–H groups in total. The molecule has 0 aliphatic heterocycles. The minimum atomic E-state index is 0.159. The lowest BCUT2D eigenvalue weighted by atomic mass is 10.2. The Bertz CT molecular complexity index is 1210. The van der Waals surface area contributed by atoms with Crippen LogP contribution in [-0.4, -0.2) is 22.6 Å². The molecule has 0 heterocycles. The van der Waals surface area contributed by atoms with E-state index in [-0.39, 0.29) is 11.5 Å². The quantitative estimate of drug-likeness (QED) is 0.259. The molecule has 0 bridgehead atoms. The van der Waals surface area contributed by atoms with Crippen molar-refractivity contribution in [2.75, 3.05) is 0 Å². The number of hydrogen-bond acceptors (Lipinski definition) is 6. The standard InChI is InChI=1S/C26H20N4O2/c31-25-15-7-1-9-19(25)17-27-21-11-3-5-13-23(21)29-30-24-14-6-4-12-22(24)28-18-20-10-2-8-16-26(20)32/h1-18,31-32H/b27-17?,28-18?,30-29+. The maximum absolute atomic E-state index is 9.93. The number of azo groups is 1. The lowest BCUT2D eigenvalue weighted by molar-refractivity contribution is 0.474. The van der Waals surface area contributed by atoms with Crippen molar-refractivity contribution in [3.05, 3.63) is 108 Å². The Kier molecular flexibility index (Phi) is 6.43. The second kappa shape index (κ2) is 9.95. The summed E-state index contributed by atoms with van der Waals surface area (Å²) in [6.07, 6.45) is 3.18. The summed E-state index contributed by atoms with van der Waals surface area (Å²) in [7, 11) is 0. The lowest BCUT2D eigenvalue weighted by Crippen LogP contribution is -1.81. The molecule has 0 saturated heterocycles. The van der Waals surface area contributed by atoms with Crippen molar-refractivity contribution in [3.8, 4) is 11.5 Å². The van der Waals surface area contributed by atoms with Crippen molar-refractivity contribution in [3.63, 3.8) is 0 Å². The number of hydrogen-bond donors (Lipinski definition) is 2. The van der Waals surface area contributed by atoms with Crippen molar-refractivity contribution in [2.45, 2.75) is 0 Å². The number of benzene rings is 4. The second-order valence-corrected chi connectivity index (χ2v) is 6.81. The third-order valence-corrected chi connectivity index (χ3v) is 4.59. The number of para-hydroxylation sites is 4. The van der Waals surface area contributed by atoms with E-state index in [0.717, 1.165) is 0 Å². The van der Waals surface area contributed by atoms with E-state index in [1.165, 1.54) is 0 Å². The van der Waals surface area contributed by atoms with Crippen LogP contribution in [0, 0.1) is 0 Å². The fourth-order valence-corrected chi connectivity index (χ4v) is 2.90. The molecule has 32 heavy (non-hydrogen) atoms. The molecule has 0 unspecified atom stereocenters. The Morgan fingerprint density at radius 1 is 0.438 bits per heavy atom. The summed E-state index contributed by atoms with van der Waals surface area (Å²) in [6, 6.07) is 28.7. The van der Waals surface area contributed by atoms with Crippen molar-refractivity contribution < 1.29 is 10.2 Å². The van der Waals surface area contributed by atoms with Crippen LogP contribution in [0.15, 0.2) is 117 Å². The van der Waals surface area contributed by atoms with E-state index < -0.39 is 0 Å². The number of aromatic hydroxyl groups is 2. The zero-order valence-corrected chi connectivity index (χ0v) is 17.1. The van der Waals surface area contributed by atoms with Crippen LogP contribution >= 0.6 is 0 Å². The van der Waals surface area contributed by atoms with Gasteiger partial charge in [-0.15, -0.1) is 10.2 Å². The van der Waals surface area contributed by atoms with Crippen LogP contribution in [-0.2, 0) is 0 Å². The molecule has 156 valence electrons. The van der Waals surface area contributed by atoms with Gasteiger partial charge in [-0.3, -0.25) is 9.98 Å². The van der Waals surface area contributed by atoms with Crippen molar-refractivity contribution in [1.29, 1.82) is 0 Å². The summed E-state index contributed by atoms with van der Waals surface area (Å²) in [6.45, 7) is 0. The van der Waals surface area contributed by atoms with E-state index in [1.54, 1.807) is 48.8 Å². The number of nitrogens with zero attached hydrogens (tertiary/aromatic N) is 4. The molecule has 0 saturated carbocycles. The molecule has 0 aromatic heterocycles. The molecule has 0 spiro atoms. The first kappa shape index (κ1) is 20.7. The maximum Gasteiger partial charge on any atom is 0.124 e. The highest BCUT2D eigenvalue weighted by molar-refractivity contribution is 5.87. The SMILES string of the molecule is Oc1ccccc1C=Nc1ccccc1/N=N/c1ccccc1N=Cc1ccccc1O. The fourth-order valence-electron chi connectivity index (χ4n) is 2.90. The third-order valence-electron chi connectivity index (χ3n) is 4.59. The monoisotopic (exact) mass is 420 g/mol. The molecule has 4 aromatic rings. The molecule has 0 aliphatic rings. The van der Waals surface area contributed by atoms with Crippen molar-refractivity contribution in [1.82, 2.24) is 0 Å². The Balaban J connectivity index is 1.60. The number of aliphatic imine (C=N–C) groups is 2. The first-order valence-corrected chi connectivity index (χ1v) is 9.94. The van der Waals surface area contributed by atoms with Gasteiger partial charge >= 0.3 is 0 Å². The molecule has 0 radical (unpaired) electrons. The molecule has 0 fully saturated rings. The van der Waals surface area contributed by atoms with Crippen LogP contribution in [0.4, 0.5) is 22.7 Å². The predicted octanol–water partition coefficient (Wildman–Crippen LogP) is 7.01. The van der Waals surface area contributed by atoms with Gasteiger partial charge in [0, 0.05) is 23.6 Å². The maximum atomic E-state index is 9.93. The van der Waals surface area contributed by atoms with Gasteiger partial charge in [-0.25, -0.2) is 0 Å². The highest BCUT2D eigenvalue weighted by atomic mass is 16.3. The smallest absolute Gasteiger partial charge is 0.124 e. The first-order valence-electron chi connectivity index (χ1n) is 9.94. The largest absolute Gasteiger partial charge is 0.507 e. The van der Waals surface area contributed by atoms with Gasteiger partial charge in [0.1, 0.15) is 22.9 Å². The van der Waals surface area contributed by atoms with Gasteiger partial charge in [0.15, 0.2) is 0 Å². The van der Waals surface area contributed by atoms with Gasteiger partial charge < -0.3 is 10.2 Å². The van der Waals surface area contributed by atoms with Crippen LogP contribution < -0.4 is 0 Å². The van der Waals surface area contributed by atoms with Gasteiger partial charge in [0.25, 0.3) is 0 Å². The van der Waals surface area contributed by atoms with E-state index in [4.69, 9.17) is 0 Å². The summed E-state index contributed by atoms with van der Waals surface area (Å²) >= 11 is 0. The minimum Gasteiger partial charge on any atom is -0.507 e. The Labute approximate surface area is 185 Å². The van der Waals surface area contributed by atoms with Gasteiger partial charge in [0.05, 0.1) is 11.4 Å². The number of phenols is 2. The summed E-state index contributed by atoms with van der Waals surface area (Å²) in [5.74, 6) is 0.318. The molecule has 0 atom stereocenters. The van der Waals surface area contributed by atoms with E-state index in [2.05, 4.69) is 20.2 Å². The van der Waals surface area contributed by atoms with E-state index in [9.17, 15) is 10.2 Å². The summed E-state index contributed by atoms with van der Waals surface area (Å²) in [5, 5.41) is 28.6. The van der Waals surface area contributed by atoms with Gasteiger partial charge in [-0.2, -0.15) is 0 Å². The average molecular weight is 420 g/mol. The minimum absolute atomic E-state index is 0.159. The molecule has 0 aliphatic carbocycles. The zero-order chi connectivity index (χ0) is 22.2. The van der Waals surface area contributed by atoms with E-state index >= 15 is 0 Å². The lowest BCUT2D eigenvalue weighted by Gasteiger charge is -2.02.